The molecule has 156 valence electrons. The number of rotatable bonds is 4. The Hall–Kier alpha value is -3.04. The molecule has 3 aromatic rings. The van der Waals surface area contributed by atoms with Crippen LogP contribution < -0.4 is 0 Å². The monoisotopic (exact) mass is 429 g/mol. The number of hydrogen-bond acceptors (Lipinski definition) is 5. The largest absolute Gasteiger partial charge is 0.350 e. The van der Waals surface area contributed by atoms with Crippen molar-refractivity contribution in [2.75, 3.05) is 26.2 Å². The number of benzene rings is 2. The van der Waals surface area contributed by atoms with Crippen molar-refractivity contribution in [1.82, 2.24) is 14.4 Å². The molecule has 1 fully saturated rings. The van der Waals surface area contributed by atoms with Gasteiger partial charge >= 0.3 is 0 Å². The number of sulfonamides is 1. The highest BCUT2D eigenvalue weighted by molar-refractivity contribution is 7.89. The van der Waals surface area contributed by atoms with Gasteiger partial charge in [-0.05, 0) is 30.7 Å². The Kier molecular flexibility index (Phi) is 5.65. The van der Waals surface area contributed by atoms with Gasteiger partial charge in [-0.25, -0.2) is 12.8 Å². The summed E-state index contributed by atoms with van der Waals surface area (Å²) in [5.41, 5.74) is 1.40. The maximum Gasteiger partial charge on any atom is 0.292 e. The summed E-state index contributed by atoms with van der Waals surface area (Å²) < 4.78 is 45.3. The van der Waals surface area contributed by atoms with Crippen LogP contribution in [0.1, 0.15) is 17.0 Å². The van der Waals surface area contributed by atoms with Crippen LogP contribution in [-0.4, -0.2) is 54.9 Å². The summed E-state index contributed by atoms with van der Waals surface area (Å²) in [6, 6.07) is 15.7. The first-order valence-corrected chi connectivity index (χ1v) is 11.0. The van der Waals surface area contributed by atoms with Gasteiger partial charge in [0.1, 0.15) is 11.5 Å². The van der Waals surface area contributed by atoms with Gasteiger partial charge in [0, 0.05) is 37.8 Å². The van der Waals surface area contributed by atoms with Crippen molar-refractivity contribution in [3.63, 3.8) is 0 Å². The lowest BCUT2D eigenvalue weighted by Crippen LogP contribution is -2.37. The Balaban J connectivity index is 1.46. The van der Waals surface area contributed by atoms with Crippen molar-refractivity contribution in [3.05, 3.63) is 72.2 Å². The molecule has 0 radical (unpaired) electrons. The fourth-order valence-electron chi connectivity index (χ4n) is 3.37. The standard InChI is InChI=1S/C21H20FN3O4S/c22-17-7-9-18(10-8-17)30(27,28)25-12-4-11-24(13-14-25)21(26)20-15-19(23-29-20)16-5-2-1-3-6-16/h1-3,5-10,15H,4,11-14H2. The third-order valence-corrected chi connectivity index (χ3v) is 6.90. The van der Waals surface area contributed by atoms with Crippen LogP contribution >= 0.6 is 0 Å². The minimum Gasteiger partial charge on any atom is -0.350 e. The summed E-state index contributed by atoms with van der Waals surface area (Å²) in [5.74, 6) is -0.710. The van der Waals surface area contributed by atoms with Gasteiger partial charge in [0.25, 0.3) is 5.91 Å². The lowest BCUT2D eigenvalue weighted by Gasteiger charge is -2.21. The molecule has 0 spiro atoms. The predicted molar refractivity (Wildman–Crippen MR) is 108 cm³/mol. The summed E-state index contributed by atoms with van der Waals surface area (Å²) in [6.07, 6.45) is 0.478. The van der Waals surface area contributed by atoms with E-state index in [9.17, 15) is 17.6 Å². The summed E-state index contributed by atoms with van der Waals surface area (Å²) >= 11 is 0. The van der Waals surface area contributed by atoms with E-state index in [1.54, 1.807) is 11.0 Å². The van der Waals surface area contributed by atoms with Crippen molar-refractivity contribution >= 4 is 15.9 Å². The summed E-state index contributed by atoms with van der Waals surface area (Å²) in [4.78, 5) is 14.4. The average molecular weight is 429 g/mol. The fourth-order valence-corrected chi connectivity index (χ4v) is 4.84. The third-order valence-electron chi connectivity index (χ3n) is 4.98. The molecule has 0 aliphatic carbocycles. The first-order chi connectivity index (χ1) is 14.4. The van der Waals surface area contributed by atoms with Crippen molar-refractivity contribution in [1.29, 1.82) is 0 Å². The number of amides is 1. The molecule has 0 N–H and O–H groups in total. The molecule has 0 atom stereocenters. The van der Waals surface area contributed by atoms with Gasteiger partial charge in [-0.1, -0.05) is 35.5 Å². The van der Waals surface area contributed by atoms with Crippen molar-refractivity contribution in [3.8, 4) is 11.3 Å². The molecule has 9 heteroatoms. The Bertz CT molecular complexity index is 1130. The SMILES string of the molecule is O=C(c1cc(-c2ccccc2)no1)N1CCCN(S(=O)(=O)c2ccc(F)cc2)CC1. The highest BCUT2D eigenvalue weighted by atomic mass is 32.2. The van der Waals surface area contributed by atoms with E-state index in [1.165, 1.54) is 16.4 Å². The maximum atomic E-state index is 13.1. The fraction of sp³-hybridized carbons (Fsp3) is 0.238. The van der Waals surface area contributed by atoms with Crippen LogP contribution in [0.5, 0.6) is 0 Å². The molecule has 30 heavy (non-hydrogen) atoms. The van der Waals surface area contributed by atoms with Gasteiger partial charge < -0.3 is 9.42 Å². The molecule has 2 heterocycles. The molecule has 1 saturated heterocycles. The first kappa shape index (κ1) is 20.2. The highest BCUT2D eigenvalue weighted by Crippen LogP contribution is 2.21. The summed E-state index contributed by atoms with van der Waals surface area (Å²) in [5, 5.41) is 3.97. The van der Waals surface area contributed by atoms with Crippen molar-refractivity contribution in [2.24, 2.45) is 0 Å². The molecule has 1 aromatic heterocycles. The second-order valence-corrected chi connectivity index (χ2v) is 8.88. The molecule has 1 aliphatic rings. The second kappa shape index (κ2) is 8.37. The average Bonchev–Trinajstić information content (AvgIpc) is 3.11. The van der Waals surface area contributed by atoms with Gasteiger partial charge in [-0.3, -0.25) is 4.79 Å². The molecular weight excluding hydrogens is 409 g/mol. The smallest absolute Gasteiger partial charge is 0.292 e. The maximum absolute atomic E-state index is 13.1. The van der Waals surface area contributed by atoms with Gasteiger partial charge in [0.05, 0.1) is 4.90 Å². The zero-order valence-corrected chi connectivity index (χ0v) is 16.9. The van der Waals surface area contributed by atoms with Gasteiger partial charge in [0.2, 0.25) is 15.8 Å². The van der Waals surface area contributed by atoms with E-state index in [1.807, 2.05) is 30.3 Å². The van der Waals surface area contributed by atoms with Crippen LogP contribution in [0.2, 0.25) is 0 Å². The Morgan fingerprint density at radius 3 is 2.43 bits per heavy atom. The van der Waals surface area contributed by atoms with Crippen LogP contribution in [-0.2, 0) is 10.0 Å². The van der Waals surface area contributed by atoms with E-state index >= 15 is 0 Å². The molecule has 0 bridgehead atoms. The molecule has 1 amide bonds. The number of carbonyl (C=O) groups is 1. The van der Waals surface area contributed by atoms with Crippen molar-refractivity contribution in [2.45, 2.75) is 11.3 Å². The number of halogens is 1. The number of nitrogens with zero attached hydrogens (tertiary/aromatic N) is 3. The first-order valence-electron chi connectivity index (χ1n) is 9.52. The molecule has 7 nitrogen and oxygen atoms in total. The van der Waals surface area contributed by atoms with Gasteiger partial charge in [-0.15, -0.1) is 0 Å². The zero-order chi connectivity index (χ0) is 21.1. The zero-order valence-electron chi connectivity index (χ0n) is 16.1. The van der Waals surface area contributed by atoms with Gasteiger partial charge in [-0.2, -0.15) is 4.31 Å². The minimum atomic E-state index is -3.75. The Morgan fingerprint density at radius 1 is 0.967 bits per heavy atom. The third kappa shape index (κ3) is 4.12. The molecule has 4 rings (SSSR count). The van der Waals surface area contributed by atoms with Crippen LogP contribution in [0.3, 0.4) is 0 Å². The Labute approximate surface area is 173 Å². The molecule has 0 unspecified atom stereocenters. The number of hydrogen-bond donors (Lipinski definition) is 0. The minimum absolute atomic E-state index is 0.0337. The molecule has 0 saturated carbocycles. The Morgan fingerprint density at radius 2 is 1.70 bits per heavy atom. The molecule has 2 aromatic carbocycles. The van der Waals surface area contributed by atoms with E-state index in [2.05, 4.69) is 5.16 Å². The van der Waals surface area contributed by atoms with E-state index in [4.69, 9.17) is 4.52 Å². The lowest BCUT2D eigenvalue weighted by molar-refractivity contribution is 0.0722. The predicted octanol–water partition coefficient (Wildman–Crippen LogP) is 3.02. The number of aromatic nitrogens is 1. The van der Waals surface area contributed by atoms with Crippen LogP contribution in [0.4, 0.5) is 4.39 Å². The van der Waals surface area contributed by atoms with Crippen LogP contribution in [0.15, 0.2) is 70.1 Å². The lowest BCUT2D eigenvalue weighted by atomic mass is 10.1. The molecular formula is C21H20FN3O4S. The van der Waals surface area contributed by atoms with E-state index in [0.29, 0.717) is 18.7 Å². The van der Waals surface area contributed by atoms with Crippen LogP contribution in [0, 0.1) is 5.82 Å². The normalized spacial score (nSPS) is 15.7. The number of carbonyl (C=O) groups excluding carboxylic acids is 1. The summed E-state index contributed by atoms with van der Waals surface area (Å²) in [6.45, 7) is 1.04. The second-order valence-electron chi connectivity index (χ2n) is 6.95. The van der Waals surface area contributed by atoms with E-state index in [0.717, 1.165) is 17.7 Å². The van der Waals surface area contributed by atoms with E-state index < -0.39 is 15.8 Å². The molecule has 1 aliphatic heterocycles. The summed E-state index contributed by atoms with van der Waals surface area (Å²) in [7, 11) is -3.75. The van der Waals surface area contributed by atoms with E-state index in [-0.39, 0.29) is 36.2 Å². The van der Waals surface area contributed by atoms with Crippen LogP contribution in [0.25, 0.3) is 11.3 Å². The topological polar surface area (TPSA) is 83.7 Å². The van der Waals surface area contributed by atoms with Gasteiger partial charge in [0.15, 0.2) is 0 Å². The van der Waals surface area contributed by atoms with Crippen molar-refractivity contribution < 1.29 is 22.1 Å². The quantitative estimate of drug-likeness (QED) is 0.637. The highest BCUT2D eigenvalue weighted by Gasteiger charge is 2.29.